The van der Waals surface area contributed by atoms with E-state index in [4.69, 9.17) is 11.6 Å². The molecule has 84 valence electrons. The number of unbranched alkanes of at least 4 members (excludes halogenated alkanes) is 1. The zero-order chi connectivity index (χ0) is 11.1. The van der Waals surface area contributed by atoms with E-state index in [-0.39, 0.29) is 0 Å². The van der Waals surface area contributed by atoms with Crippen molar-refractivity contribution < 1.29 is 0 Å². The summed E-state index contributed by atoms with van der Waals surface area (Å²) in [6.07, 6.45) is 2.46. The highest BCUT2D eigenvalue weighted by Gasteiger charge is 2.04. The van der Waals surface area contributed by atoms with E-state index < -0.39 is 0 Å². The van der Waals surface area contributed by atoms with E-state index in [1.807, 2.05) is 6.07 Å². The van der Waals surface area contributed by atoms with E-state index in [0.29, 0.717) is 5.15 Å². The molecular weight excluding hydrogens is 210 g/mol. The van der Waals surface area contributed by atoms with Crippen molar-refractivity contribution in [3.05, 3.63) is 23.0 Å². The number of hydrogen-bond donors (Lipinski definition) is 0. The maximum atomic E-state index is 5.68. The van der Waals surface area contributed by atoms with Gasteiger partial charge in [-0.3, -0.25) is 4.90 Å². The molecule has 0 aliphatic heterocycles. The molecule has 0 atom stereocenters. The number of nitrogens with zero attached hydrogens (tertiary/aromatic N) is 3. The smallest absolute Gasteiger partial charge is 0.151 e. The number of rotatable bonds is 6. The molecule has 1 heterocycles. The molecule has 0 saturated heterocycles. The second kappa shape index (κ2) is 6.75. The van der Waals surface area contributed by atoms with Crippen LogP contribution in [0.3, 0.4) is 0 Å². The molecule has 0 amide bonds. The minimum absolute atomic E-state index is 0.454. The van der Waals surface area contributed by atoms with Gasteiger partial charge in [0.15, 0.2) is 5.15 Å². The molecule has 0 fully saturated rings. The van der Waals surface area contributed by atoms with Gasteiger partial charge in [0.25, 0.3) is 0 Å². The molecule has 0 aliphatic rings. The Morgan fingerprint density at radius 2 is 2.07 bits per heavy atom. The normalized spacial score (nSPS) is 10.9. The summed E-state index contributed by atoms with van der Waals surface area (Å²) in [4.78, 5) is 2.36. The first-order valence-electron chi connectivity index (χ1n) is 5.46. The Balaban J connectivity index is 2.47. The molecule has 0 radical (unpaired) electrons. The highest BCUT2D eigenvalue weighted by atomic mass is 35.5. The lowest BCUT2D eigenvalue weighted by Gasteiger charge is -2.18. The molecule has 0 aliphatic carbocycles. The quantitative estimate of drug-likeness (QED) is 0.749. The predicted octanol–water partition coefficient (Wildman–Crippen LogP) is 2.75. The third-order valence-corrected chi connectivity index (χ3v) is 2.55. The lowest BCUT2D eigenvalue weighted by Crippen LogP contribution is -2.24. The van der Waals surface area contributed by atoms with Crippen LogP contribution in [0.4, 0.5) is 0 Å². The molecule has 0 bridgehead atoms. The van der Waals surface area contributed by atoms with Crippen LogP contribution in [0.2, 0.25) is 5.15 Å². The van der Waals surface area contributed by atoms with Gasteiger partial charge in [-0.15, -0.1) is 5.10 Å². The molecular formula is C11H18ClN3. The van der Waals surface area contributed by atoms with Gasteiger partial charge in [-0.05, 0) is 31.6 Å². The van der Waals surface area contributed by atoms with Crippen LogP contribution in [0, 0.1) is 0 Å². The van der Waals surface area contributed by atoms with Crippen LogP contribution in [0.15, 0.2) is 12.1 Å². The van der Waals surface area contributed by atoms with E-state index in [1.54, 1.807) is 6.07 Å². The molecule has 1 rings (SSSR count). The van der Waals surface area contributed by atoms with Crippen LogP contribution in [0.1, 0.15) is 32.4 Å². The Kier molecular flexibility index (Phi) is 5.58. The SMILES string of the molecule is CCCCN(CC)Cc1ccc(Cl)nn1. The van der Waals surface area contributed by atoms with Gasteiger partial charge in [-0.25, -0.2) is 0 Å². The molecule has 3 nitrogen and oxygen atoms in total. The molecule has 4 heteroatoms. The van der Waals surface area contributed by atoms with Gasteiger partial charge >= 0.3 is 0 Å². The van der Waals surface area contributed by atoms with Gasteiger partial charge in [0.05, 0.1) is 5.69 Å². The average Bonchev–Trinajstić information content (AvgIpc) is 2.27. The summed E-state index contributed by atoms with van der Waals surface area (Å²) in [7, 11) is 0. The average molecular weight is 228 g/mol. The van der Waals surface area contributed by atoms with Crippen molar-refractivity contribution in [3.63, 3.8) is 0 Å². The fraction of sp³-hybridized carbons (Fsp3) is 0.636. The van der Waals surface area contributed by atoms with Crippen LogP contribution >= 0.6 is 11.6 Å². The highest BCUT2D eigenvalue weighted by molar-refractivity contribution is 6.29. The zero-order valence-corrected chi connectivity index (χ0v) is 10.2. The second-order valence-corrected chi connectivity index (χ2v) is 3.96. The van der Waals surface area contributed by atoms with E-state index in [0.717, 1.165) is 25.3 Å². The molecule has 0 unspecified atom stereocenters. The maximum absolute atomic E-state index is 5.68. The number of hydrogen-bond acceptors (Lipinski definition) is 3. The summed E-state index contributed by atoms with van der Waals surface area (Å²) in [5.74, 6) is 0. The Hall–Kier alpha value is -0.670. The van der Waals surface area contributed by atoms with Gasteiger partial charge in [-0.1, -0.05) is 31.9 Å². The fourth-order valence-corrected chi connectivity index (χ4v) is 1.49. The largest absolute Gasteiger partial charge is 0.298 e. The van der Waals surface area contributed by atoms with Gasteiger partial charge < -0.3 is 0 Å². The minimum atomic E-state index is 0.454. The van der Waals surface area contributed by atoms with Crippen LogP contribution in [0.25, 0.3) is 0 Å². The second-order valence-electron chi connectivity index (χ2n) is 3.57. The van der Waals surface area contributed by atoms with Crippen molar-refractivity contribution >= 4 is 11.6 Å². The van der Waals surface area contributed by atoms with Crippen LogP contribution in [0.5, 0.6) is 0 Å². The summed E-state index contributed by atoms with van der Waals surface area (Å²) in [5.41, 5.74) is 0.984. The fourth-order valence-electron chi connectivity index (χ4n) is 1.39. The molecule has 15 heavy (non-hydrogen) atoms. The minimum Gasteiger partial charge on any atom is -0.298 e. The van der Waals surface area contributed by atoms with E-state index in [2.05, 4.69) is 28.9 Å². The predicted molar refractivity (Wildman–Crippen MR) is 62.9 cm³/mol. The van der Waals surface area contributed by atoms with E-state index in [1.165, 1.54) is 12.8 Å². The molecule has 1 aromatic heterocycles. The van der Waals surface area contributed by atoms with Gasteiger partial charge in [-0.2, -0.15) is 5.10 Å². The Bertz CT molecular complexity index is 274. The third-order valence-electron chi connectivity index (χ3n) is 2.35. The van der Waals surface area contributed by atoms with Crippen LogP contribution in [-0.2, 0) is 6.54 Å². The maximum Gasteiger partial charge on any atom is 0.151 e. The van der Waals surface area contributed by atoms with Crippen molar-refractivity contribution in [2.75, 3.05) is 13.1 Å². The first-order chi connectivity index (χ1) is 7.26. The number of aromatic nitrogens is 2. The standard InChI is InChI=1S/C11H18ClN3/c1-3-5-8-15(4-2)9-10-6-7-11(12)14-13-10/h6-7H,3-5,8-9H2,1-2H3. The summed E-state index contributed by atoms with van der Waals surface area (Å²) in [6.45, 7) is 7.40. The lowest BCUT2D eigenvalue weighted by atomic mass is 10.3. The van der Waals surface area contributed by atoms with Crippen molar-refractivity contribution in [3.8, 4) is 0 Å². The van der Waals surface area contributed by atoms with Crippen molar-refractivity contribution in [1.29, 1.82) is 0 Å². The molecule has 0 aromatic carbocycles. The third kappa shape index (κ3) is 4.58. The Morgan fingerprint density at radius 1 is 1.27 bits per heavy atom. The monoisotopic (exact) mass is 227 g/mol. The van der Waals surface area contributed by atoms with Gasteiger partial charge in [0, 0.05) is 6.54 Å². The van der Waals surface area contributed by atoms with Crippen LogP contribution in [-0.4, -0.2) is 28.2 Å². The number of halogens is 1. The van der Waals surface area contributed by atoms with Gasteiger partial charge in [0.2, 0.25) is 0 Å². The Labute approximate surface area is 96.5 Å². The van der Waals surface area contributed by atoms with Crippen molar-refractivity contribution in [2.24, 2.45) is 0 Å². The molecule has 1 aromatic rings. The first kappa shape index (κ1) is 12.4. The first-order valence-corrected chi connectivity index (χ1v) is 5.84. The van der Waals surface area contributed by atoms with Gasteiger partial charge in [0.1, 0.15) is 0 Å². The summed E-state index contributed by atoms with van der Waals surface area (Å²) in [5, 5.41) is 8.34. The van der Waals surface area contributed by atoms with Crippen molar-refractivity contribution in [2.45, 2.75) is 33.2 Å². The lowest BCUT2D eigenvalue weighted by molar-refractivity contribution is 0.271. The van der Waals surface area contributed by atoms with E-state index in [9.17, 15) is 0 Å². The molecule has 0 N–H and O–H groups in total. The topological polar surface area (TPSA) is 29.0 Å². The summed E-state index contributed by atoms with van der Waals surface area (Å²) in [6, 6.07) is 3.72. The summed E-state index contributed by atoms with van der Waals surface area (Å²) >= 11 is 5.68. The van der Waals surface area contributed by atoms with Crippen LogP contribution < -0.4 is 0 Å². The van der Waals surface area contributed by atoms with E-state index >= 15 is 0 Å². The van der Waals surface area contributed by atoms with Crippen molar-refractivity contribution in [1.82, 2.24) is 15.1 Å². The zero-order valence-electron chi connectivity index (χ0n) is 9.41. The molecule has 0 spiro atoms. The summed E-state index contributed by atoms with van der Waals surface area (Å²) < 4.78 is 0. The highest BCUT2D eigenvalue weighted by Crippen LogP contribution is 2.05. The molecule has 0 saturated carbocycles. The Morgan fingerprint density at radius 3 is 2.60 bits per heavy atom.